The van der Waals surface area contributed by atoms with Crippen molar-refractivity contribution in [1.82, 2.24) is 9.97 Å². The van der Waals surface area contributed by atoms with Crippen molar-refractivity contribution in [2.45, 2.75) is 6.18 Å². The Hall–Kier alpha value is -1.53. The highest BCUT2D eigenvalue weighted by Crippen LogP contribution is 2.19. The molecule has 0 aromatic carbocycles. The Morgan fingerprint density at radius 3 is 2.67 bits per heavy atom. The Morgan fingerprint density at radius 1 is 1.47 bits per heavy atom. The highest BCUT2D eigenvalue weighted by molar-refractivity contribution is 5.41. The fourth-order valence-electron chi connectivity index (χ4n) is 1.03. The Kier molecular flexibility index (Phi) is 3.33. The molecule has 1 rings (SSSR count). The molecule has 84 valence electrons. The van der Waals surface area contributed by atoms with Crippen LogP contribution in [0.3, 0.4) is 0 Å². The lowest BCUT2D eigenvalue weighted by Crippen LogP contribution is -2.31. The number of halogens is 3. The second-order valence-electron chi connectivity index (χ2n) is 2.96. The fraction of sp³-hybridized carbons (Fsp3) is 0.500. The zero-order chi connectivity index (χ0) is 11.5. The lowest BCUT2D eigenvalue weighted by molar-refractivity contribution is -0.119. The van der Waals surface area contributed by atoms with Crippen LogP contribution in [0.2, 0.25) is 0 Å². The summed E-state index contributed by atoms with van der Waals surface area (Å²) in [4.78, 5) is 8.70. The van der Waals surface area contributed by atoms with Gasteiger partial charge in [-0.05, 0) is 6.07 Å². The summed E-state index contributed by atoms with van der Waals surface area (Å²) < 4.78 is 36.2. The molecule has 0 aliphatic rings. The van der Waals surface area contributed by atoms with E-state index in [0.29, 0.717) is 5.95 Å². The zero-order valence-electron chi connectivity index (χ0n) is 8.34. The summed E-state index contributed by atoms with van der Waals surface area (Å²) in [6, 6.07) is 1.42. The second-order valence-corrected chi connectivity index (χ2v) is 2.96. The minimum Gasteiger partial charge on any atom is -0.357 e. The van der Waals surface area contributed by atoms with Gasteiger partial charge in [0, 0.05) is 20.3 Å². The number of hydrogen-bond donors (Lipinski definition) is 1. The lowest BCUT2D eigenvalue weighted by Gasteiger charge is -2.19. The largest absolute Gasteiger partial charge is 0.405 e. The van der Waals surface area contributed by atoms with Crippen LogP contribution >= 0.6 is 0 Å². The predicted molar refractivity (Wildman–Crippen MR) is 50.9 cm³/mol. The number of rotatable bonds is 3. The maximum atomic E-state index is 12.1. The minimum atomic E-state index is -4.24. The van der Waals surface area contributed by atoms with Gasteiger partial charge in [-0.1, -0.05) is 0 Å². The quantitative estimate of drug-likeness (QED) is 0.838. The molecular formula is C8H11F3N4. The van der Waals surface area contributed by atoms with Crippen molar-refractivity contribution in [3.05, 3.63) is 12.3 Å². The Balaban J connectivity index is 2.77. The molecular weight excluding hydrogens is 209 g/mol. The number of alkyl halides is 3. The number of hydrogen-bond acceptors (Lipinski definition) is 4. The summed E-state index contributed by atoms with van der Waals surface area (Å²) >= 11 is 0. The van der Waals surface area contributed by atoms with E-state index in [2.05, 4.69) is 15.3 Å². The molecule has 0 saturated heterocycles. The molecule has 1 N–H and O–H groups in total. The lowest BCUT2D eigenvalue weighted by atomic mass is 10.5. The molecule has 15 heavy (non-hydrogen) atoms. The highest BCUT2D eigenvalue weighted by atomic mass is 19.4. The molecule has 1 aromatic heterocycles. The first-order valence-electron chi connectivity index (χ1n) is 4.21. The van der Waals surface area contributed by atoms with Gasteiger partial charge < -0.3 is 10.2 Å². The summed E-state index contributed by atoms with van der Waals surface area (Å²) in [5.74, 6) is 0.521. The van der Waals surface area contributed by atoms with Crippen LogP contribution in [0, 0.1) is 0 Å². The molecule has 4 nitrogen and oxygen atoms in total. The third-order valence-corrected chi connectivity index (χ3v) is 1.67. The van der Waals surface area contributed by atoms with Gasteiger partial charge in [-0.15, -0.1) is 0 Å². The first-order valence-corrected chi connectivity index (χ1v) is 4.21. The van der Waals surface area contributed by atoms with Crippen LogP contribution in [0.1, 0.15) is 0 Å². The van der Waals surface area contributed by atoms with Crippen molar-refractivity contribution >= 4 is 11.8 Å². The first kappa shape index (κ1) is 11.5. The third-order valence-electron chi connectivity index (χ3n) is 1.67. The molecule has 7 heteroatoms. The van der Waals surface area contributed by atoms with E-state index in [-0.39, 0.29) is 5.82 Å². The van der Waals surface area contributed by atoms with E-state index >= 15 is 0 Å². The topological polar surface area (TPSA) is 41.1 Å². The van der Waals surface area contributed by atoms with Crippen LogP contribution < -0.4 is 10.2 Å². The van der Waals surface area contributed by atoms with Gasteiger partial charge in [0.2, 0.25) is 5.95 Å². The normalized spacial score (nSPS) is 11.3. The summed E-state index contributed by atoms with van der Waals surface area (Å²) in [7, 11) is 2.93. The van der Waals surface area contributed by atoms with Gasteiger partial charge in [0.25, 0.3) is 0 Å². The number of nitrogens with one attached hydrogen (secondary N) is 1. The van der Waals surface area contributed by atoms with Gasteiger partial charge >= 0.3 is 6.18 Å². The maximum absolute atomic E-state index is 12.1. The molecule has 0 radical (unpaired) electrons. The summed E-state index contributed by atoms with van der Waals surface area (Å²) in [6.07, 6.45) is -2.83. The van der Waals surface area contributed by atoms with Crippen molar-refractivity contribution < 1.29 is 13.2 Å². The molecule has 1 aromatic rings. The van der Waals surface area contributed by atoms with Crippen molar-refractivity contribution in [3.63, 3.8) is 0 Å². The Morgan fingerprint density at radius 2 is 2.13 bits per heavy atom. The van der Waals surface area contributed by atoms with E-state index in [1.165, 1.54) is 19.3 Å². The average Bonchev–Trinajstić information content (AvgIpc) is 2.15. The molecule has 0 spiro atoms. The van der Waals surface area contributed by atoms with Crippen molar-refractivity contribution in [3.8, 4) is 0 Å². The van der Waals surface area contributed by atoms with Crippen LogP contribution in [0.15, 0.2) is 12.3 Å². The molecule has 1 heterocycles. The average molecular weight is 220 g/mol. The summed E-state index contributed by atoms with van der Waals surface area (Å²) in [5.41, 5.74) is 0. The van der Waals surface area contributed by atoms with Gasteiger partial charge in [-0.2, -0.15) is 18.2 Å². The molecule has 0 atom stereocenters. The monoisotopic (exact) mass is 220 g/mol. The Labute approximate surface area is 85.1 Å². The van der Waals surface area contributed by atoms with Gasteiger partial charge in [-0.25, -0.2) is 4.98 Å². The number of nitrogens with zero attached hydrogens (tertiary/aromatic N) is 3. The maximum Gasteiger partial charge on any atom is 0.405 e. The van der Waals surface area contributed by atoms with E-state index in [1.54, 1.807) is 7.05 Å². The van der Waals surface area contributed by atoms with Crippen molar-refractivity contribution in [2.75, 3.05) is 30.9 Å². The molecule has 0 bridgehead atoms. The second kappa shape index (κ2) is 4.33. The molecule has 0 unspecified atom stereocenters. The predicted octanol–water partition coefficient (Wildman–Crippen LogP) is 1.52. The van der Waals surface area contributed by atoms with Crippen LogP contribution in [0.25, 0.3) is 0 Å². The SMILES string of the molecule is CNc1nccc(N(C)CC(F)(F)F)n1. The standard InChI is InChI=1S/C8H11F3N4/c1-12-7-13-4-3-6(14-7)15(2)5-8(9,10)11/h3-4H,5H2,1-2H3,(H,12,13,14). The number of anilines is 2. The molecule has 0 fully saturated rings. The van der Waals surface area contributed by atoms with E-state index in [1.807, 2.05) is 0 Å². The third kappa shape index (κ3) is 3.61. The highest BCUT2D eigenvalue weighted by Gasteiger charge is 2.29. The smallest absolute Gasteiger partial charge is 0.357 e. The molecule has 0 saturated carbocycles. The van der Waals surface area contributed by atoms with Crippen LogP contribution in [-0.4, -0.2) is 36.8 Å². The van der Waals surface area contributed by atoms with Crippen molar-refractivity contribution in [1.29, 1.82) is 0 Å². The van der Waals surface area contributed by atoms with Crippen LogP contribution in [0.4, 0.5) is 24.9 Å². The zero-order valence-corrected chi connectivity index (χ0v) is 8.34. The molecule has 0 aliphatic heterocycles. The van der Waals surface area contributed by atoms with Gasteiger partial charge in [0.05, 0.1) is 0 Å². The van der Waals surface area contributed by atoms with Crippen molar-refractivity contribution in [2.24, 2.45) is 0 Å². The summed E-state index contributed by atoms with van der Waals surface area (Å²) in [5, 5.41) is 2.65. The van der Waals surface area contributed by atoms with Gasteiger partial charge in [0.15, 0.2) is 0 Å². The van der Waals surface area contributed by atoms with E-state index in [4.69, 9.17) is 0 Å². The fourth-order valence-corrected chi connectivity index (χ4v) is 1.03. The van der Waals surface area contributed by atoms with Gasteiger partial charge in [-0.3, -0.25) is 0 Å². The molecule has 0 aliphatic carbocycles. The van der Waals surface area contributed by atoms with Crippen LogP contribution in [-0.2, 0) is 0 Å². The first-order chi connectivity index (χ1) is 6.92. The van der Waals surface area contributed by atoms with E-state index < -0.39 is 12.7 Å². The Bertz CT molecular complexity index is 326. The summed E-state index contributed by atoms with van der Waals surface area (Å²) in [6.45, 7) is -1.03. The molecule has 0 amide bonds. The van der Waals surface area contributed by atoms with E-state index in [9.17, 15) is 13.2 Å². The van der Waals surface area contributed by atoms with Gasteiger partial charge in [0.1, 0.15) is 12.4 Å². The van der Waals surface area contributed by atoms with Crippen LogP contribution in [0.5, 0.6) is 0 Å². The minimum absolute atomic E-state index is 0.228. The van der Waals surface area contributed by atoms with E-state index in [0.717, 1.165) is 4.90 Å². The number of aromatic nitrogens is 2.